The van der Waals surface area contributed by atoms with Crippen molar-refractivity contribution in [3.8, 4) is 5.75 Å². The largest absolute Gasteiger partial charge is 0.497 e. The summed E-state index contributed by atoms with van der Waals surface area (Å²) in [5.74, 6) is 0.858. The fourth-order valence-electron chi connectivity index (χ4n) is 2.48. The lowest BCUT2D eigenvalue weighted by Crippen LogP contribution is -2.40. The van der Waals surface area contributed by atoms with Gasteiger partial charge in [-0.1, -0.05) is 0 Å². The molecule has 1 aromatic carbocycles. The number of rotatable bonds is 4. The fraction of sp³-hybridized carbons (Fsp3) is 0.500. The van der Waals surface area contributed by atoms with Gasteiger partial charge < -0.3 is 20.1 Å². The molecule has 0 bridgehead atoms. The molecule has 0 saturated carbocycles. The van der Waals surface area contributed by atoms with Crippen LogP contribution in [0.15, 0.2) is 18.2 Å². The topological polar surface area (TPSA) is 71.6 Å². The molecule has 0 aliphatic carbocycles. The summed E-state index contributed by atoms with van der Waals surface area (Å²) in [6, 6.07) is 5.61. The van der Waals surface area contributed by atoms with Crippen molar-refractivity contribution in [3.63, 3.8) is 0 Å². The highest BCUT2D eigenvalue weighted by Gasteiger charge is 2.22. The van der Waals surface area contributed by atoms with Crippen LogP contribution in [-0.4, -0.2) is 39.2 Å². The molecule has 1 unspecified atom stereocenters. The van der Waals surface area contributed by atoms with E-state index in [1.165, 1.54) is 0 Å². The Hall–Kier alpha value is -1.75. The van der Waals surface area contributed by atoms with E-state index in [9.17, 15) is 0 Å². The molecule has 0 aromatic heterocycles. The zero-order valence-electron chi connectivity index (χ0n) is 11.5. The van der Waals surface area contributed by atoms with Crippen LogP contribution in [0.4, 0.5) is 5.69 Å². The molecule has 1 aliphatic heterocycles. The van der Waals surface area contributed by atoms with Gasteiger partial charge in [0.2, 0.25) is 0 Å². The van der Waals surface area contributed by atoms with E-state index in [0.717, 1.165) is 42.9 Å². The second-order valence-electron chi connectivity index (χ2n) is 4.74. The number of piperidine rings is 1. The van der Waals surface area contributed by atoms with Crippen molar-refractivity contribution < 1.29 is 9.47 Å². The number of nitrogens with two attached hydrogens (primary N) is 1. The van der Waals surface area contributed by atoms with Crippen molar-refractivity contribution in [2.24, 2.45) is 5.73 Å². The van der Waals surface area contributed by atoms with Crippen LogP contribution in [0.3, 0.4) is 0 Å². The third-order valence-corrected chi connectivity index (χ3v) is 3.55. The van der Waals surface area contributed by atoms with Crippen LogP contribution in [0.2, 0.25) is 0 Å². The normalized spacial score (nSPS) is 19.3. The van der Waals surface area contributed by atoms with E-state index >= 15 is 0 Å². The van der Waals surface area contributed by atoms with Crippen LogP contribution in [-0.2, 0) is 4.74 Å². The molecule has 1 fully saturated rings. The van der Waals surface area contributed by atoms with E-state index in [1.807, 2.05) is 18.2 Å². The first kappa shape index (κ1) is 13.7. The predicted molar refractivity (Wildman–Crippen MR) is 76.3 cm³/mol. The molecule has 2 rings (SSSR count). The standard InChI is InChI=1S/C14H21N3O2/c1-18-10-5-6-12(14(15)16)13(8-10)17-7-3-4-11(9-17)19-2/h5-6,8,11H,3-4,7,9H2,1-2H3,(H3,15,16). The molecule has 0 radical (unpaired) electrons. The lowest BCUT2D eigenvalue weighted by Gasteiger charge is -2.34. The first-order chi connectivity index (χ1) is 9.15. The van der Waals surface area contributed by atoms with Gasteiger partial charge in [0.25, 0.3) is 0 Å². The minimum atomic E-state index is 0.0807. The summed E-state index contributed by atoms with van der Waals surface area (Å²) >= 11 is 0. The molecule has 104 valence electrons. The number of nitrogens with zero attached hydrogens (tertiary/aromatic N) is 1. The van der Waals surface area contributed by atoms with Gasteiger partial charge in [-0.25, -0.2) is 0 Å². The summed E-state index contributed by atoms with van der Waals surface area (Å²) in [6.07, 6.45) is 2.39. The van der Waals surface area contributed by atoms with Gasteiger partial charge in [-0.15, -0.1) is 0 Å². The quantitative estimate of drug-likeness (QED) is 0.639. The van der Waals surface area contributed by atoms with Crippen molar-refractivity contribution >= 4 is 11.5 Å². The summed E-state index contributed by atoms with van der Waals surface area (Å²) in [5.41, 5.74) is 7.36. The Bertz CT molecular complexity index is 462. The summed E-state index contributed by atoms with van der Waals surface area (Å²) in [7, 11) is 3.38. The maximum absolute atomic E-state index is 7.70. The van der Waals surface area contributed by atoms with Crippen LogP contribution >= 0.6 is 0 Å². The molecule has 0 spiro atoms. The second-order valence-corrected chi connectivity index (χ2v) is 4.74. The van der Waals surface area contributed by atoms with Crippen LogP contribution in [0.25, 0.3) is 0 Å². The molecular weight excluding hydrogens is 242 g/mol. The SMILES string of the molecule is COc1ccc(C(=N)N)c(N2CCCC(OC)C2)c1. The zero-order chi connectivity index (χ0) is 13.8. The van der Waals surface area contributed by atoms with Crippen molar-refractivity contribution in [1.82, 2.24) is 0 Å². The zero-order valence-corrected chi connectivity index (χ0v) is 11.5. The lowest BCUT2D eigenvalue weighted by atomic mass is 10.0. The first-order valence-electron chi connectivity index (χ1n) is 6.46. The number of hydrogen-bond acceptors (Lipinski definition) is 4. The van der Waals surface area contributed by atoms with E-state index in [-0.39, 0.29) is 11.9 Å². The summed E-state index contributed by atoms with van der Waals surface area (Å²) in [4.78, 5) is 2.22. The molecule has 5 heteroatoms. The second kappa shape index (κ2) is 5.93. The smallest absolute Gasteiger partial charge is 0.124 e. The van der Waals surface area contributed by atoms with Gasteiger partial charge in [-0.2, -0.15) is 0 Å². The Morgan fingerprint density at radius 2 is 2.21 bits per heavy atom. The summed E-state index contributed by atoms with van der Waals surface area (Å²) in [5, 5.41) is 7.70. The Morgan fingerprint density at radius 3 is 2.84 bits per heavy atom. The number of hydrogen-bond donors (Lipinski definition) is 2. The molecule has 1 aromatic rings. The lowest BCUT2D eigenvalue weighted by molar-refractivity contribution is 0.0893. The summed E-state index contributed by atoms with van der Waals surface area (Å²) in [6.45, 7) is 1.78. The highest BCUT2D eigenvalue weighted by molar-refractivity contribution is 6.00. The van der Waals surface area contributed by atoms with E-state index in [0.29, 0.717) is 0 Å². The third kappa shape index (κ3) is 2.98. The Morgan fingerprint density at radius 1 is 1.42 bits per heavy atom. The summed E-state index contributed by atoms with van der Waals surface area (Å²) < 4.78 is 10.7. The maximum atomic E-state index is 7.70. The van der Waals surface area contributed by atoms with E-state index in [4.69, 9.17) is 20.6 Å². The highest BCUT2D eigenvalue weighted by atomic mass is 16.5. The average molecular weight is 263 g/mol. The molecule has 1 aliphatic rings. The number of amidine groups is 1. The molecular formula is C14H21N3O2. The van der Waals surface area contributed by atoms with E-state index in [1.54, 1.807) is 14.2 Å². The molecule has 19 heavy (non-hydrogen) atoms. The molecule has 3 N–H and O–H groups in total. The van der Waals surface area contributed by atoms with Gasteiger partial charge in [0.05, 0.1) is 18.9 Å². The highest BCUT2D eigenvalue weighted by Crippen LogP contribution is 2.28. The van der Waals surface area contributed by atoms with Gasteiger partial charge in [-0.3, -0.25) is 5.41 Å². The van der Waals surface area contributed by atoms with Gasteiger partial charge in [0.15, 0.2) is 0 Å². The Balaban J connectivity index is 2.32. The van der Waals surface area contributed by atoms with Crippen molar-refractivity contribution in [2.45, 2.75) is 18.9 Å². The van der Waals surface area contributed by atoms with Crippen LogP contribution in [0, 0.1) is 5.41 Å². The number of benzene rings is 1. The average Bonchev–Trinajstić information content (AvgIpc) is 2.46. The molecule has 1 atom stereocenters. The van der Waals surface area contributed by atoms with Gasteiger partial charge in [0.1, 0.15) is 11.6 Å². The molecule has 1 heterocycles. The van der Waals surface area contributed by atoms with Crippen molar-refractivity contribution in [1.29, 1.82) is 5.41 Å². The minimum Gasteiger partial charge on any atom is -0.497 e. The van der Waals surface area contributed by atoms with Gasteiger partial charge in [0, 0.05) is 31.8 Å². The number of methoxy groups -OCH3 is 2. The minimum absolute atomic E-state index is 0.0807. The van der Waals surface area contributed by atoms with Crippen LogP contribution < -0.4 is 15.4 Å². The maximum Gasteiger partial charge on any atom is 0.124 e. The number of ether oxygens (including phenoxy) is 2. The molecule has 0 amide bonds. The predicted octanol–water partition coefficient (Wildman–Crippen LogP) is 1.59. The number of nitrogens with one attached hydrogen (secondary N) is 1. The van der Waals surface area contributed by atoms with E-state index in [2.05, 4.69) is 4.90 Å². The Labute approximate surface area is 113 Å². The van der Waals surface area contributed by atoms with E-state index < -0.39 is 0 Å². The van der Waals surface area contributed by atoms with Gasteiger partial charge >= 0.3 is 0 Å². The van der Waals surface area contributed by atoms with Gasteiger partial charge in [-0.05, 0) is 25.0 Å². The van der Waals surface area contributed by atoms with Crippen LogP contribution in [0.1, 0.15) is 18.4 Å². The fourth-order valence-corrected chi connectivity index (χ4v) is 2.48. The molecule has 1 saturated heterocycles. The number of nitrogen functional groups attached to an aromatic ring is 1. The van der Waals surface area contributed by atoms with Crippen LogP contribution in [0.5, 0.6) is 5.75 Å². The van der Waals surface area contributed by atoms with Crippen molar-refractivity contribution in [2.75, 3.05) is 32.2 Å². The number of anilines is 1. The Kier molecular flexibility index (Phi) is 4.27. The third-order valence-electron chi connectivity index (χ3n) is 3.55. The van der Waals surface area contributed by atoms with Crippen molar-refractivity contribution in [3.05, 3.63) is 23.8 Å². The molecule has 5 nitrogen and oxygen atoms in total. The first-order valence-corrected chi connectivity index (χ1v) is 6.46. The monoisotopic (exact) mass is 263 g/mol.